The van der Waals surface area contributed by atoms with Crippen molar-refractivity contribution in [2.45, 2.75) is 39.7 Å². The van der Waals surface area contributed by atoms with Crippen LogP contribution in [0.5, 0.6) is 0 Å². The number of hydrogen-bond donors (Lipinski definition) is 2. The summed E-state index contributed by atoms with van der Waals surface area (Å²) in [6.07, 6.45) is 1.50. The van der Waals surface area contributed by atoms with E-state index in [0.29, 0.717) is 17.2 Å². The van der Waals surface area contributed by atoms with E-state index in [-0.39, 0.29) is 6.04 Å². The van der Waals surface area contributed by atoms with E-state index >= 15 is 0 Å². The molecule has 2 aromatic heterocycles. The molecule has 0 saturated heterocycles. The number of hydrogen-bond acceptors (Lipinski definition) is 7. The number of tetrazole rings is 1. The van der Waals surface area contributed by atoms with Gasteiger partial charge in [-0.05, 0) is 25.3 Å². The molecule has 0 bridgehead atoms. The van der Waals surface area contributed by atoms with Crippen LogP contribution >= 0.6 is 0 Å². The summed E-state index contributed by atoms with van der Waals surface area (Å²) in [4.78, 5) is 0. The Morgan fingerprint density at radius 2 is 2.05 bits per heavy atom. The smallest absolute Gasteiger partial charge is 0.196 e. The zero-order chi connectivity index (χ0) is 14.5. The Balaban J connectivity index is 2.35. The Morgan fingerprint density at radius 1 is 1.25 bits per heavy atom. The maximum atomic E-state index is 9.39. The molecule has 0 aliphatic rings. The number of rotatable bonds is 5. The van der Waals surface area contributed by atoms with Gasteiger partial charge in [-0.2, -0.15) is 15.6 Å². The number of nitriles is 1. The van der Waals surface area contributed by atoms with Gasteiger partial charge in [-0.3, -0.25) is 0 Å². The zero-order valence-electron chi connectivity index (χ0n) is 11.7. The van der Waals surface area contributed by atoms with Crippen molar-refractivity contribution < 1.29 is 0 Å². The van der Waals surface area contributed by atoms with Crippen molar-refractivity contribution >= 4 is 5.82 Å². The lowest BCUT2D eigenvalue weighted by atomic mass is 10.0. The quantitative estimate of drug-likeness (QED) is 0.838. The number of aromatic amines is 1. The molecule has 0 amide bonds. The molecule has 104 valence electrons. The van der Waals surface area contributed by atoms with E-state index in [1.807, 2.05) is 20.8 Å². The average Bonchev–Trinajstić information content (AvgIpc) is 3.00. The van der Waals surface area contributed by atoms with Crippen LogP contribution in [0.4, 0.5) is 5.82 Å². The van der Waals surface area contributed by atoms with Gasteiger partial charge in [0.2, 0.25) is 0 Å². The Labute approximate surface area is 116 Å². The highest BCUT2D eigenvalue weighted by Crippen LogP contribution is 2.22. The first kappa shape index (κ1) is 13.9. The second-order valence-electron chi connectivity index (χ2n) is 4.30. The van der Waals surface area contributed by atoms with Crippen LogP contribution in [-0.2, 0) is 12.8 Å². The van der Waals surface area contributed by atoms with Gasteiger partial charge in [-0.15, -0.1) is 15.3 Å². The van der Waals surface area contributed by atoms with Crippen molar-refractivity contribution in [3.8, 4) is 6.07 Å². The molecule has 2 rings (SSSR count). The zero-order valence-corrected chi connectivity index (χ0v) is 11.7. The predicted octanol–water partition coefficient (Wildman–Crippen LogP) is 1.16. The summed E-state index contributed by atoms with van der Waals surface area (Å²) in [5.74, 6) is 0.965. The fraction of sp³-hybridized carbons (Fsp3) is 0.500. The molecular weight excluding hydrogens is 256 g/mol. The molecule has 0 fully saturated rings. The van der Waals surface area contributed by atoms with Crippen molar-refractivity contribution in [1.29, 1.82) is 5.26 Å². The highest BCUT2D eigenvalue weighted by Gasteiger charge is 2.17. The number of aromatic nitrogens is 6. The van der Waals surface area contributed by atoms with Crippen molar-refractivity contribution in [3.05, 3.63) is 22.6 Å². The molecule has 0 aromatic carbocycles. The van der Waals surface area contributed by atoms with Gasteiger partial charge in [-0.25, -0.2) is 0 Å². The lowest BCUT2D eigenvalue weighted by Gasteiger charge is -2.14. The van der Waals surface area contributed by atoms with Gasteiger partial charge in [0.05, 0.1) is 11.7 Å². The van der Waals surface area contributed by atoms with Gasteiger partial charge in [0.15, 0.2) is 11.6 Å². The van der Waals surface area contributed by atoms with Crippen LogP contribution in [-0.4, -0.2) is 30.8 Å². The number of nitrogens with one attached hydrogen (secondary N) is 2. The number of nitrogens with zero attached hydrogens (tertiary/aromatic N) is 6. The molecular formula is C12H16N8. The molecule has 2 aromatic rings. The summed E-state index contributed by atoms with van der Waals surface area (Å²) in [7, 11) is 0. The third-order valence-electron chi connectivity index (χ3n) is 3.06. The van der Waals surface area contributed by atoms with Crippen LogP contribution in [0.15, 0.2) is 0 Å². The fourth-order valence-corrected chi connectivity index (χ4v) is 2.02. The highest BCUT2D eigenvalue weighted by molar-refractivity contribution is 5.57. The molecule has 2 N–H and O–H groups in total. The van der Waals surface area contributed by atoms with Gasteiger partial charge < -0.3 is 5.32 Å². The lowest BCUT2D eigenvalue weighted by molar-refractivity contribution is 0.774. The van der Waals surface area contributed by atoms with Gasteiger partial charge in [-0.1, -0.05) is 19.1 Å². The van der Waals surface area contributed by atoms with Crippen LogP contribution in [0, 0.1) is 11.3 Å². The number of H-pyrrole nitrogens is 1. The van der Waals surface area contributed by atoms with Gasteiger partial charge >= 0.3 is 0 Å². The predicted molar refractivity (Wildman–Crippen MR) is 71.7 cm³/mol. The third kappa shape index (κ3) is 2.56. The molecule has 1 atom stereocenters. The summed E-state index contributed by atoms with van der Waals surface area (Å²) >= 11 is 0. The minimum atomic E-state index is -0.215. The van der Waals surface area contributed by atoms with Crippen LogP contribution < -0.4 is 5.32 Å². The highest BCUT2D eigenvalue weighted by atomic mass is 15.5. The van der Waals surface area contributed by atoms with Crippen LogP contribution in [0.3, 0.4) is 0 Å². The molecule has 20 heavy (non-hydrogen) atoms. The second kappa shape index (κ2) is 6.06. The molecule has 0 aliphatic carbocycles. The minimum Gasteiger partial charge on any atom is -0.358 e. The standard InChI is InChI=1S/C12H16N8/c1-4-8-9(6-13)12(16-15-10(8)5-2)14-7(3)11-17-19-20-18-11/h7H,4-5H2,1-3H3,(H,14,16)(H,17,18,19,20). The van der Waals surface area contributed by atoms with Crippen molar-refractivity contribution in [3.63, 3.8) is 0 Å². The lowest BCUT2D eigenvalue weighted by Crippen LogP contribution is -2.14. The molecule has 8 heteroatoms. The van der Waals surface area contributed by atoms with Crippen molar-refractivity contribution in [2.75, 3.05) is 5.32 Å². The normalized spacial score (nSPS) is 11.9. The van der Waals surface area contributed by atoms with E-state index in [1.54, 1.807) is 0 Å². The SMILES string of the molecule is CCc1nnc(NC(C)c2nn[nH]n2)c(C#N)c1CC. The first-order valence-corrected chi connectivity index (χ1v) is 6.49. The topological polar surface area (TPSA) is 116 Å². The molecule has 0 aliphatic heterocycles. The maximum Gasteiger partial charge on any atom is 0.196 e. The van der Waals surface area contributed by atoms with Crippen molar-refractivity contribution in [1.82, 2.24) is 30.8 Å². The van der Waals surface area contributed by atoms with E-state index < -0.39 is 0 Å². The van der Waals surface area contributed by atoms with Crippen LogP contribution in [0.25, 0.3) is 0 Å². The molecule has 2 heterocycles. The Kier molecular flexibility index (Phi) is 4.20. The van der Waals surface area contributed by atoms with E-state index in [2.05, 4.69) is 42.2 Å². The molecule has 1 unspecified atom stereocenters. The summed E-state index contributed by atoms with van der Waals surface area (Å²) < 4.78 is 0. The van der Waals surface area contributed by atoms with Gasteiger partial charge in [0.25, 0.3) is 0 Å². The third-order valence-corrected chi connectivity index (χ3v) is 3.06. The number of anilines is 1. The van der Waals surface area contributed by atoms with Gasteiger partial charge in [0, 0.05) is 0 Å². The summed E-state index contributed by atoms with van der Waals surface area (Å²) in [5, 5.41) is 34.5. The maximum absolute atomic E-state index is 9.39. The van der Waals surface area contributed by atoms with E-state index in [1.165, 1.54) is 0 Å². The van der Waals surface area contributed by atoms with Crippen molar-refractivity contribution in [2.24, 2.45) is 0 Å². The van der Waals surface area contributed by atoms with E-state index in [0.717, 1.165) is 24.1 Å². The average molecular weight is 272 g/mol. The molecule has 0 radical (unpaired) electrons. The monoisotopic (exact) mass is 272 g/mol. The Bertz CT molecular complexity index is 613. The summed E-state index contributed by atoms with van der Waals surface area (Å²) in [5.41, 5.74) is 2.34. The largest absolute Gasteiger partial charge is 0.358 e. The molecule has 0 saturated carbocycles. The molecule has 0 spiro atoms. The van der Waals surface area contributed by atoms with E-state index in [4.69, 9.17) is 0 Å². The first-order chi connectivity index (χ1) is 9.71. The fourth-order valence-electron chi connectivity index (χ4n) is 2.02. The second-order valence-corrected chi connectivity index (χ2v) is 4.30. The molecule has 8 nitrogen and oxygen atoms in total. The number of aryl methyl sites for hydroxylation is 1. The Hall–Kier alpha value is -2.56. The van der Waals surface area contributed by atoms with Gasteiger partial charge in [0.1, 0.15) is 11.6 Å². The minimum absolute atomic E-state index is 0.215. The summed E-state index contributed by atoms with van der Waals surface area (Å²) in [6, 6.07) is 2.00. The first-order valence-electron chi connectivity index (χ1n) is 6.49. The Morgan fingerprint density at radius 3 is 2.60 bits per heavy atom. The van der Waals surface area contributed by atoms with Crippen LogP contribution in [0.1, 0.15) is 49.5 Å². The van der Waals surface area contributed by atoms with E-state index in [9.17, 15) is 5.26 Å². The van der Waals surface area contributed by atoms with Crippen LogP contribution in [0.2, 0.25) is 0 Å². The summed E-state index contributed by atoms with van der Waals surface area (Å²) in [6.45, 7) is 5.87.